The van der Waals surface area contributed by atoms with E-state index in [-0.39, 0.29) is 11.4 Å². The van der Waals surface area contributed by atoms with Crippen LogP contribution in [0.25, 0.3) is 0 Å². The predicted molar refractivity (Wildman–Crippen MR) is 70.3 cm³/mol. The molecule has 0 aliphatic heterocycles. The van der Waals surface area contributed by atoms with Gasteiger partial charge in [-0.25, -0.2) is 0 Å². The number of carbonyl (C=O) groups excluding carboxylic acids is 1. The van der Waals surface area contributed by atoms with E-state index in [9.17, 15) is 4.79 Å². The van der Waals surface area contributed by atoms with Crippen LogP contribution < -0.4 is 11.1 Å². The summed E-state index contributed by atoms with van der Waals surface area (Å²) in [6, 6.07) is 7.50. The van der Waals surface area contributed by atoms with Gasteiger partial charge in [-0.2, -0.15) is 0 Å². The lowest BCUT2D eigenvalue weighted by atomic mass is 10.00. The summed E-state index contributed by atoms with van der Waals surface area (Å²) in [7, 11) is 0. The zero-order valence-corrected chi connectivity index (χ0v) is 11.2. The van der Waals surface area contributed by atoms with Crippen LogP contribution >= 0.6 is 15.9 Å². The topological polar surface area (TPSA) is 55.1 Å². The molecule has 3 nitrogen and oxygen atoms in total. The third-order valence-corrected chi connectivity index (χ3v) is 2.65. The predicted octanol–water partition coefficient (Wildman–Crippen LogP) is 2.91. The van der Waals surface area contributed by atoms with E-state index in [1.807, 2.05) is 38.1 Å². The molecule has 0 saturated heterocycles. The average Bonchev–Trinajstić information content (AvgIpc) is 2.18. The second-order valence-corrected chi connectivity index (χ2v) is 5.46. The molecule has 88 valence electrons. The molecule has 0 aliphatic rings. The van der Waals surface area contributed by atoms with Crippen molar-refractivity contribution in [2.45, 2.75) is 32.2 Å². The third-order valence-electron chi connectivity index (χ3n) is 2.12. The maximum Gasteiger partial charge on any atom is 0.224 e. The Morgan fingerprint density at radius 2 is 1.94 bits per heavy atom. The van der Waals surface area contributed by atoms with Gasteiger partial charge in [0.25, 0.3) is 0 Å². The number of benzene rings is 1. The Morgan fingerprint density at radius 1 is 1.38 bits per heavy atom. The smallest absolute Gasteiger partial charge is 0.224 e. The molecule has 1 amide bonds. The first-order valence-electron chi connectivity index (χ1n) is 5.21. The molecular weight excluding hydrogens is 268 g/mol. The molecule has 0 aliphatic carbocycles. The molecule has 4 heteroatoms. The van der Waals surface area contributed by atoms with Crippen molar-refractivity contribution in [3.8, 4) is 0 Å². The monoisotopic (exact) mass is 284 g/mol. The summed E-state index contributed by atoms with van der Waals surface area (Å²) in [5.41, 5.74) is 6.32. The Bertz CT molecular complexity index is 354. The van der Waals surface area contributed by atoms with Crippen molar-refractivity contribution < 1.29 is 4.79 Å². The minimum absolute atomic E-state index is 0.000785. The van der Waals surface area contributed by atoms with Gasteiger partial charge < -0.3 is 11.1 Å². The van der Waals surface area contributed by atoms with Gasteiger partial charge in [0.2, 0.25) is 5.91 Å². The molecule has 0 atom stereocenters. The zero-order valence-electron chi connectivity index (χ0n) is 9.59. The number of anilines is 1. The van der Waals surface area contributed by atoms with Crippen LogP contribution in [0.1, 0.15) is 26.7 Å². The highest BCUT2D eigenvalue weighted by Gasteiger charge is 2.13. The Labute approximate surface area is 105 Å². The lowest BCUT2D eigenvalue weighted by Gasteiger charge is -2.17. The summed E-state index contributed by atoms with van der Waals surface area (Å²) < 4.78 is 0.994. The van der Waals surface area contributed by atoms with Crippen molar-refractivity contribution in [1.82, 2.24) is 0 Å². The summed E-state index contributed by atoms with van der Waals surface area (Å²) in [4.78, 5) is 11.6. The summed E-state index contributed by atoms with van der Waals surface area (Å²) in [6.07, 6.45) is 1.12. The highest BCUT2D eigenvalue weighted by molar-refractivity contribution is 9.10. The first-order chi connectivity index (χ1) is 7.37. The fourth-order valence-corrected chi connectivity index (χ4v) is 1.46. The van der Waals surface area contributed by atoms with Crippen LogP contribution in [0, 0.1) is 0 Å². The quantitative estimate of drug-likeness (QED) is 0.893. The minimum atomic E-state index is -0.295. The van der Waals surface area contributed by atoms with Crippen LogP contribution in [0.15, 0.2) is 28.7 Å². The summed E-state index contributed by atoms with van der Waals surface area (Å²) in [5, 5.41) is 2.83. The van der Waals surface area contributed by atoms with E-state index in [4.69, 9.17) is 5.73 Å². The van der Waals surface area contributed by atoms with Crippen LogP contribution in [0.2, 0.25) is 0 Å². The average molecular weight is 285 g/mol. The number of hydrogen-bond acceptors (Lipinski definition) is 2. The maximum atomic E-state index is 11.6. The number of nitrogens with one attached hydrogen (secondary N) is 1. The van der Waals surface area contributed by atoms with Gasteiger partial charge in [-0.05, 0) is 44.5 Å². The number of nitrogens with two attached hydrogens (primary N) is 1. The van der Waals surface area contributed by atoms with Crippen LogP contribution in [0.3, 0.4) is 0 Å². The first kappa shape index (κ1) is 13.2. The minimum Gasteiger partial charge on any atom is -0.326 e. The van der Waals surface area contributed by atoms with Gasteiger partial charge in [-0.1, -0.05) is 15.9 Å². The fraction of sp³-hybridized carbons (Fsp3) is 0.417. The van der Waals surface area contributed by atoms with Crippen molar-refractivity contribution in [3.05, 3.63) is 28.7 Å². The molecule has 0 unspecified atom stereocenters. The molecule has 1 aromatic rings. The van der Waals surface area contributed by atoms with Crippen LogP contribution in [0.5, 0.6) is 0 Å². The number of halogens is 1. The van der Waals surface area contributed by atoms with Gasteiger partial charge >= 0.3 is 0 Å². The standard InChI is InChI=1S/C12H17BrN2O/c1-12(2,14)8-7-11(16)15-10-5-3-9(13)4-6-10/h3-6H,7-8,14H2,1-2H3,(H,15,16). The second-order valence-electron chi connectivity index (χ2n) is 4.54. The molecule has 0 saturated carbocycles. The van der Waals surface area contributed by atoms with E-state index < -0.39 is 0 Å². The molecule has 0 radical (unpaired) electrons. The van der Waals surface area contributed by atoms with Gasteiger partial charge in [-0.15, -0.1) is 0 Å². The Hall–Kier alpha value is -0.870. The van der Waals surface area contributed by atoms with Crippen LogP contribution in [0.4, 0.5) is 5.69 Å². The highest BCUT2D eigenvalue weighted by atomic mass is 79.9. The van der Waals surface area contributed by atoms with Crippen molar-refractivity contribution in [2.75, 3.05) is 5.32 Å². The van der Waals surface area contributed by atoms with Gasteiger partial charge in [0.05, 0.1) is 0 Å². The molecule has 1 aromatic carbocycles. The van der Waals surface area contributed by atoms with E-state index in [2.05, 4.69) is 21.2 Å². The van der Waals surface area contributed by atoms with Crippen molar-refractivity contribution in [3.63, 3.8) is 0 Å². The van der Waals surface area contributed by atoms with E-state index in [0.29, 0.717) is 12.8 Å². The normalized spacial score (nSPS) is 11.2. The lowest BCUT2D eigenvalue weighted by Crippen LogP contribution is -2.33. The molecule has 0 heterocycles. The van der Waals surface area contributed by atoms with Gasteiger partial charge in [0.1, 0.15) is 0 Å². The highest BCUT2D eigenvalue weighted by Crippen LogP contribution is 2.15. The van der Waals surface area contributed by atoms with Crippen molar-refractivity contribution in [2.24, 2.45) is 5.73 Å². The van der Waals surface area contributed by atoms with E-state index in [0.717, 1.165) is 10.2 Å². The fourth-order valence-electron chi connectivity index (χ4n) is 1.19. The number of rotatable bonds is 4. The summed E-state index contributed by atoms with van der Waals surface area (Å²) in [5.74, 6) is 0.000785. The molecule has 3 N–H and O–H groups in total. The van der Waals surface area contributed by atoms with Crippen molar-refractivity contribution in [1.29, 1.82) is 0 Å². The lowest BCUT2D eigenvalue weighted by molar-refractivity contribution is -0.116. The van der Waals surface area contributed by atoms with Crippen molar-refractivity contribution >= 4 is 27.5 Å². The van der Waals surface area contributed by atoms with E-state index >= 15 is 0 Å². The van der Waals surface area contributed by atoms with E-state index in [1.54, 1.807) is 0 Å². The van der Waals surface area contributed by atoms with Crippen LogP contribution in [-0.2, 0) is 4.79 Å². The Balaban J connectivity index is 2.43. The third kappa shape index (κ3) is 5.28. The van der Waals surface area contributed by atoms with E-state index in [1.165, 1.54) is 0 Å². The zero-order chi connectivity index (χ0) is 12.2. The summed E-state index contributed by atoms with van der Waals surface area (Å²) in [6.45, 7) is 3.83. The Morgan fingerprint density at radius 3 is 2.44 bits per heavy atom. The molecule has 0 fully saturated rings. The van der Waals surface area contributed by atoms with Gasteiger partial charge in [0.15, 0.2) is 0 Å². The molecule has 0 bridgehead atoms. The van der Waals surface area contributed by atoms with Gasteiger partial charge in [-0.3, -0.25) is 4.79 Å². The first-order valence-corrected chi connectivity index (χ1v) is 6.00. The molecular formula is C12H17BrN2O. The van der Waals surface area contributed by atoms with Gasteiger partial charge in [0, 0.05) is 22.1 Å². The number of hydrogen-bond donors (Lipinski definition) is 2. The van der Waals surface area contributed by atoms with Crippen LogP contribution in [-0.4, -0.2) is 11.4 Å². The second kappa shape index (κ2) is 5.46. The largest absolute Gasteiger partial charge is 0.326 e. The molecule has 16 heavy (non-hydrogen) atoms. The maximum absolute atomic E-state index is 11.6. The summed E-state index contributed by atoms with van der Waals surface area (Å²) >= 11 is 3.34. The molecule has 0 aromatic heterocycles. The number of carbonyl (C=O) groups is 1. The Kier molecular flexibility index (Phi) is 4.50. The SMILES string of the molecule is CC(C)(N)CCC(=O)Nc1ccc(Br)cc1. The number of amides is 1. The molecule has 0 spiro atoms. The molecule has 1 rings (SSSR count).